The molecule has 1 unspecified atom stereocenters. The van der Waals surface area contributed by atoms with Crippen LogP contribution in [0.2, 0.25) is 0 Å². The fraction of sp³-hybridized carbons (Fsp3) is 0.625. The van der Waals surface area contributed by atoms with Gasteiger partial charge < -0.3 is 24.1 Å². The number of fused-ring (bicyclic) bond motifs is 1. The van der Waals surface area contributed by atoms with Crippen LogP contribution < -0.4 is 9.47 Å². The van der Waals surface area contributed by atoms with Crippen LogP contribution in [0.4, 0.5) is 0 Å². The molecular formula is C16H22O5. The largest absolute Gasteiger partial charge is 0.454 e. The number of hydrogen-bond donors (Lipinski definition) is 1. The molecule has 0 radical (unpaired) electrons. The van der Waals surface area contributed by atoms with Gasteiger partial charge in [-0.2, -0.15) is 0 Å². The third-order valence-corrected chi connectivity index (χ3v) is 3.89. The lowest BCUT2D eigenvalue weighted by Crippen LogP contribution is -2.08. The summed E-state index contributed by atoms with van der Waals surface area (Å²) in [6, 6.07) is 3.73. The van der Waals surface area contributed by atoms with Gasteiger partial charge in [-0.25, -0.2) is 0 Å². The topological polar surface area (TPSA) is 57.2 Å². The van der Waals surface area contributed by atoms with Crippen LogP contribution in [0.25, 0.3) is 0 Å². The van der Waals surface area contributed by atoms with E-state index in [4.69, 9.17) is 18.9 Å². The maximum Gasteiger partial charge on any atom is 0.231 e. The summed E-state index contributed by atoms with van der Waals surface area (Å²) in [5, 5.41) is 10.5. The fourth-order valence-electron chi connectivity index (χ4n) is 2.75. The molecule has 3 rings (SSSR count). The molecule has 2 aliphatic rings. The van der Waals surface area contributed by atoms with E-state index in [1.54, 1.807) is 0 Å². The van der Waals surface area contributed by atoms with Crippen LogP contribution >= 0.6 is 0 Å². The van der Waals surface area contributed by atoms with Gasteiger partial charge in [0.05, 0.1) is 19.3 Å². The van der Waals surface area contributed by atoms with E-state index >= 15 is 0 Å². The van der Waals surface area contributed by atoms with Crippen molar-refractivity contribution in [3.8, 4) is 11.5 Å². The van der Waals surface area contributed by atoms with Crippen LogP contribution in [0.5, 0.6) is 11.5 Å². The van der Waals surface area contributed by atoms with Crippen molar-refractivity contribution in [1.82, 2.24) is 0 Å². The second-order valence-electron chi connectivity index (χ2n) is 5.42. The summed E-state index contributed by atoms with van der Waals surface area (Å²) in [5.74, 6) is 1.37. The average molecular weight is 294 g/mol. The molecule has 0 bridgehead atoms. The molecule has 0 spiro atoms. The van der Waals surface area contributed by atoms with Crippen molar-refractivity contribution >= 4 is 0 Å². The van der Waals surface area contributed by atoms with Gasteiger partial charge in [0.2, 0.25) is 6.79 Å². The summed E-state index contributed by atoms with van der Waals surface area (Å²) in [6.07, 6.45) is 3.03. The Labute approximate surface area is 124 Å². The van der Waals surface area contributed by atoms with E-state index < -0.39 is 12.4 Å². The Balaban J connectivity index is 1.85. The fourth-order valence-corrected chi connectivity index (χ4v) is 2.75. The highest BCUT2D eigenvalue weighted by atomic mass is 16.7. The van der Waals surface area contributed by atoms with Gasteiger partial charge in [0.25, 0.3) is 0 Å². The minimum Gasteiger partial charge on any atom is -0.454 e. The quantitative estimate of drug-likeness (QED) is 0.817. The van der Waals surface area contributed by atoms with Gasteiger partial charge in [0.1, 0.15) is 0 Å². The van der Waals surface area contributed by atoms with E-state index in [0.717, 1.165) is 36.8 Å². The Hall–Kier alpha value is -1.30. The van der Waals surface area contributed by atoms with Crippen LogP contribution in [0.3, 0.4) is 0 Å². The van der Waals surface area contributed by atoms with Crippen LogP contribution in [0.1, 0.15) is 56.1 Å². The third-order valence-electron chi connectivity index (χ3n) is 3.89. The van der Waals surface area contributed by atoms with Crippen molar-refractivity contribution in [2.24, 2.45) is 0 Å². The van der Waals surface area contributed by atoms with E-state index in [1.165, 1.54) is 0 Å². The Morgan fingerprint density at radius 1 is 1.14 bits per heavy atom. The molecule has 1 N–H and O–H groups in total. The maximum absolute atomic E-state index is 10.5. The minimum absolute atomic E-state index is 0.219. The van der Waals surface area contributed by atoms with Crippen molar-refractivity contribution in [3.63, 3.8) is 0 Å². The van der Waals surface area contributed by atoms with Gasteiger partial charge >= 0.3 is 0 Å². The first kappa shape index (κ1) is 14.6. The lowest BCUT2D eigenvalue weighted by molar-refractivity contribution is -0.0462. The third kappa shape index (κ3) is 3.15. The molecular weight excluding hydrogens is 272 g/mol. The first-order valence-electron chi connectivity index (χ1n) is 7.64. The first-order chi connectivity index (χ1) is 10.3. The van der Waals surface area contributed by atoms with Crippen LogP contribution in [-0.2, 0) is 9.47 Å². The van der Waals surface area contributed by atoms with Crippen LogP contribution in [0, 0.1) is 0 Å². The van der Waals surface area contributed by atoms with Crippen molar-refractivity contribution in [1.29, 1.82) is 0 Å². The van der Waals surface area contributed by atoms with E-state index in [0.29, 0.717) is 24.7 Å². The summed E-state index contributed by atoms with van der Waals surface area (Å²) in [5.41, 5.74) is 1.67. The molecule has 5 heteroatoms. The molecule has 1 aromatic rings. The number of benzene rings is 1. The van der Waals surface area contributed by atoms with E-state index in [2.05, 4.69) is 6.92 Å². The Bertz CT molecular complexity index is 482. The lowest BCUT2D eigenvalue weighted by atomic mass is 9.97. The number of unbranched alkanes of at least 4 members (excludes halogenated alkanes) is 2. The Morgan fingerprint density at radius 3 is 2.57 bits per heavy atom. The highest BCUT2D eigenvalue weighted by Gasteiger charge is 2.28. The predicted octanol–water partition coefficient (Wildman–Crippen LogP) is 3.07. The zero-order valence-corrected chi connectivity index (χ0v) is 12.3. The summed E-state index contributed by atoms with van der Waals surface area (Å²) in [6.45, 7) is 3.52. The van der Waals surface area contributed by atoms with Crippen LogP contribution in [0.15, 0.2) is 12.1 Å². The van der Waals surface area contributed by atoms with E-state index in [9.17, 15) is 5.11 Å². The van der Waals surface area contributed by atoms with E-state index in [-0.39, 0.29) is 6.79 Å². The number of aliphatic hydroxyl groups excluding tert-OH is 1. The highest BCUT2D eigenvalue weighted by Crippen LogP contribution is 2.41. The number of ether oxygens (including phenoxy) is 4. The van der Waals surface area contributed by atoms with Crippen molar-refractivity contribution in [3.05, 3.63) is 23.3 Å². The van der Waals surface area contributed by atoms with Crippen molar-refractivity contribution < 1.29 is 24.1 Å². The van der Waals surface area contributed by atoms with Gasteiger partial charge in [-0.05, 0) is 24.1 Å². The molecule has 0 amide bonds. The molecule has 21 heavy (non-hydrogen) atoms. The molecule has 2 aliphatic heterocycles. The normalized spacial score (nSPS) is 19.1. The summed E-state index contributed by atoms with van der Waals surface area (Å²) in [4.78, 5) is 0. The molecule has 0 aliphatic carbocycles. The molecule has 2 heterocycles. The Morgan fingerprint density at radius 2 is 1.86 bits per heavy atom. The number of rotatable bonds is 6. The lowest BCUT2D eigenvalue weighted by Gasteiger charge is -2.19. The number of aliphatic hydroxyl groups is 1. The standard InChI is InChI=1S/C16H22O5/c1-2-3-4-5-13(17)11-8-14-15(21-10-20-14)9-12(11)16-18-6-7-19-16/h8-9,13,16-17H,2-7,10H2,1H3. The maximum atomic E-state index is 10.5. The van der Waals surface area contributed by atoms with Gasteiger partial charge in [0.15, 0.2) is 17.8 Å². The smallest absolute Gasteiger partial charge is 0.231 e. The number of hydrogen-bond acceptors (Lipinski definition) is 5. The molecule has 1 saturated heterocycles. The monoisotopic (exact) mass is 294 g/mol. The second-order valence-corrected chi connectivity index (χ2v) is 5.42. The molecule has 116 valence electrons. The van der Waals surface area contributed by atoms with E-state index in [1.807, 2.05) is 12.1 Å². The first-order valence-corrected chi connectivity index (χ1v) is 7.64. The van der Waals surface area contributed by atoms with Gasteiger partial charge in [-0.3, -0.25) is 0 Å². The van der Waals surface area contributed by atoms with Crippen LogP contribution in [-0.4, -0.2) is 25.1 Å². The SMILES string of the molecule is CCCCCC(O)c1cc2c(cc1C1OCCO1)OCO2. The Kier molecular flexibility index (Phi) is 4.63. The van der Waals surface area contributed by atoms with Gasteiger partial charge in [-0.1, -0.05) is 26.2 Å². The highest BCUT2D eigenvalue weighted by molar-refractivity contribution is 5.50. The summed E-state index contributed by atoms with van der Waals surface area (Å²) < 4.78 is 22.0. The minimum atomic E-state index is -0.533. The zero-order chi connectivity index (χ0) is 14.7. The molecule has 1 atom stereocenters. The van der Waals surface area contributed by atoms with Gasteiger partial charge in [0, 0.05) is 5.56 Å². The molecule has 5 nitrogen and oxygen atoms in total. The van der Waals surface area contributed by atoms with Gasteiger partial charge in [-0.15, -0.1) is 0 Å². The van der Waals surface area contributed by atoms with Crippen molar-refractivity contribution in [2.75, 3.05) is 20.0 Å². The molecule has 1 fully saturated rings. The molecule has 1 aromatic carbocycles. The summed E-state index contributed by atoms with van der Waals surface area (Å²) in [7, 11) is 0. The van der Waals surface area contributed by atoms with Crippen molar-refractivity contribution in [2.45, 2.75) is 45.0 Å². The average Bonchev–Trinajstić information content (AvgIpc) is 3.16. The summed E-state index contributed by atoms with van der Waals surface area (Å²) >= 11 is 0. The predicted molar refractivity (Wildman–Crippen MR) is 76.3 cm³/mol. The second kappa shape index (κ2) is 6.64. The zero-order valence-electron chi connectivity index (χ0n) is 12.3. The molecule has 0 saturated carbocycles. The molecule has 0 aromatic heterocycles.